The number of nitrogens with zero attached hydrogens (tertiary/aromatic N) is 1. The van der Waals surface area contributed by atoms with Gasteiger partial charge in [-0.1, -0.05) is 6.08 Å². The predicted octanol–water partition coefficient (Wildman–Crippen LogP) is 2.12. The van der Waals surface area contributed by atoms with Crippen LogP contribution in [0, 0.1) is 10.1 Å². The standard InChI is InChI=1S/C11H12N2O4/c1-3-4-11(14)12-8-5-6-10(17-2)9(7-8)13(15)16/h3-7H,1-2H3,(H,12,14)/b4-3+. The summed E-state index contributed by atoms with van der Waals surface area (Å²) < 4.78 is 4.85. The number of nitro groups is 1. The Morgan fingerprint density at radius 1 is 1.53 bits per heavy atom. The van der Waals surface area contributed by atoms with E-state index in [2.05, 4.69) is 5.32 Å². The third kappa shape index (κ3) is 3.30. The quantitative estimate of drug-likeness (QED) is 0.493. The van der Waals surface area contributed by atoms with Gasteiger partial charge in [-0.05, 0) is 25.1 Å². The van der Waals surface area contributed by atoms with Crippen molar-refractivity contribution in [1.29, 1.82) is 0 Å². The van der Waals surface area contributed by atoms with Crippen molar-refractivity contribution in [1.82, 2.24) is 0 Å². The van der Waals surface area contributed by atoms with Crippen molar-refractivity contribution in [2.24, 2.45) is 0 Å². The van der Waals surface area contributed by atoms with Crippen molar-refractivity contribution in [3.8, 4) is 5.75 Å². The summed E-state index contributed by atoms with van der Waals surface area (Å²) in [6.45, 7) is 1.70. The number of ether oxygens (including phenoxy) is 1. The smallest absolute Gasteiger partial charge is 0.312 e. The molecule has 0 aliphatic rings. The number of nitro benzene ring substituents is 1. The van der Waals surface area contributed by atoms with E-state index in [1.807, 2.05) is 0 Å². The maximum atomic E-state index is 11.2. The first-order chi connectivity index (χ1) is 8.08. The van der Waals surface area contributed by atoms with E-state index in [-0.39, 0.29) is 17.3 Å². The third-order valence-corrected chi connectivity index (χ3v) is 1.96. The zero-order valence-corrected chi connectivity index (χ0v) is 9.47. The van der Waals surface area contributed by atoms with Crippen LogP contribution in [-0.2, 0) is 4.79 Å². The van der Waals surface area contributed by atoms with Crippen LogP contribution in [0.3, 0.4) is 0 Å². The molecule has 0 aliphatic heterocycles. The van der Waals surface area contributed by atoms with Gasteiger partial charge in [-0.2, -0.15) is 0 Å². The molecule has 0 fully saturated rings. The van der Waals surface area contributed by atoms with Crippen LogP contribution in [0.2, 0.25) is 0 Å². The molecule has 1 amide bonds. The van der Waals surface area contributed by atoms with E-state index >= 15 is 0 Å². The number of methoxy groups -OCH3 is 1. The molecule has 6 heteroatoms. The Morgan fingerprint density at radius 3 is 2.76 bits per heavy atom. The van der Waals surface area contributed by atoms with Gasteiger partial charge in [0.15, 0.2) is 5.75 Å². The third-order valence-electron chi connectivity index (χ3n) is 1.96. The molecular formula is C11H12N2O4. The van der Waals surface area contributed by atoms with Gasteiger partial charge in [-0.3, -0.25) is 14.9 Å². The lowest BCUT2D eigenvalue weighted by Crippen LogP contribution is -2.08. The predicted molar refractivity (Wildman–Crippen MR) is 63.1 cm³/mol. The van der Waals surface area contributed by atoms with Gasteiger partial charge in [0.2, 0.25) is 5.91 Å². The van der Waals surface area contributed by atoms with E-state index in [4.69, 9.17) is 4.74 Å². The van der Waals surface area contributed by atoms with Gasteiger partial charge >= 0.3 is 5.69 Å². The van der Waals surface area contributed by atoms with E-state index < -0.39 is 4.92 Å². The summed E-state index contributed by atoms with van der Waals surface area (Å²) in [5, 5.41) is 13.2. The zero-order valence-electron chi connectivity index (χ0n) is 9.47. The van der Waals surface area contributed by atoms with E-state index in [0.29, 0.717) is 5.69 Å². The summed E-state index contributed by atoms with van der Waals surface area (Å²) in [6.07, 6.45) is 2.91. The number of rotatable bonds is 4. The second-order valence-corrected chi connectivity index (χ2v) is 3.13. The SMILES string of the molecule is C/C=C/C(=O)Nc1ccc(OC)c([N+](=O)[O-])c1. The van der Waals surface area contributed by atoms with Gasteiger partial charge < -0.3 is 10.1 Å². The number of amides is 1. The number of hydrogen-bond acceptors (Lipinski definition) is 4. The minimum Gasteiger partial charge on any atom is -0.490 e. The van der Waals surface area contributed by atoms with Gasteiger partial charge in [0.1, 0.15) is 0 Å². The molecule has 0 heterocycles. The Hall–Kier alpha value is -2.37. The molecule has 0 unspecified atom stereocenters. The highest BCUT2D eigenvalue weighted by atomic mass is 16.6. The van der Waals surface area contributed by atoms with Crippen LogP contribution in [-0.4, -0.2) is 17.9 Å². The van der Waals surface area contributed by atoms with Crippen LogP contribution in [0.15, 0.2) is 30.4 Å². The number of benzene rings is 1. The van der Waals surface area contributed by atoms with Crippen molar-refractivity contribution in [3.63, 3.8) is 0 Å². The highest BCUT2D eigenvalue weighted by molar-refractivity contribution is 5.99. The molecule has 1 aromatic carbocycles. The average molecular weight is 236 g/mol. The molecule has 0 aromatic heterocycles. The van der Waals surface area contributed by atoms with Gasteiger partial charge in [-0.15, -0.1) is 0 Å². The number of carbonyl (C=O) groups excluding carboxylic acids is 1. The van der Waals surface area contributed by atoms with E-state index in [9.17, 15) is 14.9 Å². The second kappa shape index (κ2) is 5.64. The Kier molecular flexibility index (Phi) is 4.21. The molecule has 6 nitrogen and oxygen atoms in total. The monoisotopic (exact) mass is 236 g/mol. The minimum atomic E-state index is -0.565. The first kappa shape index (κ1) is 12.7. The summed E-state index contributed by atoms with van der Waals surface area (Å²) in [6, 6.07) is 4.22. The summed E-state index contributed by atoms with van der Waals surface area (Å²) in [5.74, 6) is -0.189. The fourth-order valence-electron chi connectivity index (χ4n) is 1.25. The van der Waals surface area contributed by atoms with E-state index in [1.165, 1.54) is 31.4 Å². The topological polar surface area (TPSA) is 81.5 Å². The number of carbonyl (C=O) groups is 1. The molecule has 0 bridgehead atoms. The summed E-state index contributed by atoms with van der Waals surface area (Å²) in [7, 11) is 1.35. The van der Waals surface area contributed by atoms with Crippen molar-refractivity contribution >= 4 is 17.3 Å². The van der Waals surface area contributed by atoms with Crippen LogP contribution in [0.4, 0.5) is 11.4 Å². The molecule has 90 valence electrons. The fourth-order valence-corrected chi connectivity index (χ4v) is 1.25. The molecule has 0 aliphatic carbocycles. The molecule has 17 heavy (non-hydrogen) atoms. The lowest BCUT2D eigenvalue weighted by atomic mass is 10.2. The Labute approximate surface area is 98.0 Å². The lowest BCUT2D eigenvalue weighted by molar-refractivity contribution is -0.385. The van der Waals surface area contributed by atoms with E-state index in [0.717, 1.165) is 0 Å². The van der Waals surface area contributed by atoms with Crippen molar-refractivity contribution in [2.75, 3.05) is 12.4 Å². The summed E-state index contributed by atoms with van der Waals surface area (Å²) in [4.78, 5) is 21.4. The fraction of sp³-hybridized carbons (Fsp3) is 0.182. The van der Waals surface area contributed by atoms with Crippen LogP contribution >= 0.6 is 0 Å². The normalized spacial score (nSPS) is 10.2. The van der Waals surface area contributed by atoms with Crippen molar-refractivity contribution < 1.29 is 14.5 Å². The molecule has 0 saturated heterocycles. The molecule has 0 spiro atoms. The molecule has 0 saturated carbocycles. The number of hydrogen-bond donors (Lipinski definition) is 1. The highest BCUT2D eigenvalue weighted by Crippen LogP contribution is 2.29. The van der Waals surface area contributed by atoms with Crippen LogP contribution in [0.25, 0.3) is 0 Å². The molecule has 1 aromatic rings. The number of anilines is 1. The lowest BCUT2D eigenvalue weighted by Gasteiger charge is -2.05. The first-order valence-corrected chi connectivity index (χ1v) is 4.84. The van der Waals surface area contributed by atoms with Crippen LogP contribution < -0.4 is 10.1 Å². The molecule has 1 rings (SSSR count). The molecule has 0 radical (unpaired) electrons. The molecular weight excluding hydrogens is 224 g/mol. The minimum absolute atomic E-state index is 0.152. The van der Waals surface area contributed by atoms with E-state index in [1.54, 1.807) is 13.0 Å². The maximum absolute atomic E-state index is 11.2. The van der Waals surface area contributed by atoms with Crippen LogP contribution in [0.5, 0.6) is 5.75 Å². The van der Waals surface area contributed by atoms with Crippen molar-refractivity contribution in [2.45, 2.75) is 6.92 Å². The van der Waals surface area contributed by atoms with Gasteiger partial charge in [-0.25, -0.2) is 0 Å². The first-order valence-electron chi connectivity index (χ1n) is 4.84. The van der Waals surface area contributed by atoms with Gasteiger partial charge in [0.25, 0.3) is 0 Å². The zero-order chi connectivity index (χ0) is 12.8. The average Bonchev–Trinajstić information content (AvgIpc) is 2.29. The number of nitrogens with one attached hydrogen (secondary N) is 1. The Morgan fingerprint density at radius 2 is 2.24 bits per heavy atom. The summed E-state index contributed by atoms with van der Waals surface area (Å²) >= 11 is 0. The highest BCUT2D eigenvalue weighted by Gasteiger charge is 2.15. The van der Waals surface area contributed by atoms with Crippen molar-refractivity contribution in [3.05, 3.63) is 40.5 Å². The van der Waals surface area contributed by atoms with Gasteiger partial charge in [0.05, 0.1) is 12.0 Å². The Balaban J connectivity index is 3.00. The Bertz CT molecular complexity index is 469. The summed E-state index contributed by atoms with van der Waals surface area (Å²) in [5.41, 5.74) is 0.159. The maximum Gasteiger partial charge on any atom is 0.312 e. The second-order valence-electron chi connectivity index (χ2n) is 3.13. The number of allylic oxidation sites excluding steroid dienone is 1. The van der Waals surface area contributed by atoms with Crippen LogP contribution in [0.1, 0.15) is 6.92 Å². The molecule has 0 atom stereocenters. The van der Waals surface area contributed by atoms with Gasteiger partial charge in [0, 0.05) is 11.8 Å². The molecule has 1 N–H and O–H groups in total. The largest absolute Gasteiger partial charge is 0.490 e.